The number of aliphatic carboxylic acids is 1. The van der Waals surface area contributed by atoms with Crippen LogP contribution in [0, 0.1) is 0 Å². The molecule has 0 saturated heterocycles. The van der Waals surface area contributed by atoms with Gasteiger partial charge in [0.2, 0.25) is 0 Å². The fourth-order valence-corrected chi connectivity index (χ4v) is 2.73. The zero-order valence-electron chi connectivity index (χ0n) is 12.4. The fraction of sp³-hybridized carbons (Fsp3) is 0.438. The van der Waals surface area contributed by atoms with Crippen LogP contribution in [0.15, 0.2) is 23.0 Å². The Hall–Kier alpha value is -2.37. The molecular formula is C16H18N2O4. The van der Waals surface area contributed by atoms with Gasteiger partial charge in [-0.3, -0.25) is 9.36 Å². The maximum atomic E-state index is 12.6. The molecule has 3 rings (SSSR count). The SMILES string of the molecule is C[C@@H](Oc1ccc2nc3n(c(=O)c2c1)CCCCC3)C(=O)O. The van der Waals surface area contributed by atoms with Crippen molar-refractivity contribution in [2.24, 2.45) is 0 Å². The van der Waals surface area contributed by atoms with Gasteiger partial charge >= 0.3 is 5.97 Å². The van der Waals surface area contributed by atoms with Gasteiger partial charge in [0.25, 0.3) is 5.56 Å². The topological polar surface area (TPSA) is 81.4 Å². The van der Waals surface area contributed by atoms with Gasteiger partial charge in [-0.25, -0.2) is 9.78 Å². The minimum atomic E-state index is -1.04. The summed E-state index contributed by atoms with van der Waals surface area (Å²) >= 11 is 0. The zero-order chi connectivity index (χ0) is 15.7. The van der Waals surface area contributed by atoms with Crippen LogP contribution in [0.1, 0.15) is 32.0 Å². The highest BCUT2D eigenvalue weighted by Crippen LogP contribution is 2.20. The van der Waals surface area contributed by atoms with Crippen LogP contribution in [-0.4, -0.2) is 26.7 Å². The van der Waals surface area contributed by atoms with E-state index in [0.29, 0.717) is 23.2 Å². The first-order valence-corrected chi connectivity index (χ1v) is 7.49. The number of fused-ring (bicyclic) bond motifs is 2. The normalized spacial score (nSPS) is 15.9. The van der Waals surface area contributed by atoms with E-state index in [1.54, 1.807) is 22.8 Å². The Morgan fingerprint density at radius 2 is 2.18 bits per heavy atom. The van der Waals surface area contributed by atoms with Gasteiger partial charge in [0.05, 0.1) is 10.9 Å². The predicted octanol–water partition coefficient (Wildman–Crippen LogP) is 1.97. The van der Waals surface area contributed by atoms with E-state index in [1.807, 2.05) is 0 Å². The number of hydrogen-bond acceptors (Lipinski definition) is 4. The molecule has 1 aromatic carbocycles. The van der Waals surface area contributed by atoms with Crippen LogP contribution < -0.4 is 10.3 Å². The molecular weight excluding hydrogens is 284 g/mol. The summed E-state index contributed by atoms with van der Waals surface area (Å²) in [4.78, 5) is 28.1. The van der Waals surface area contributed by atoms with Crippen molar-refractivity contribution in [3.05, 3.63) is 34.4 Å². The summed E-state index contributed by atoms with van der Waals surface area (Å²) in [6.45, 7) is 2.14. The Kier molecular flexibility index (Phi) is 3.83. The van der Waals surface area contributed by atoms with Gasteiger partial charge in [-0.15, -0.1) is 0 Å². The molecule has 6 nitrogen and oxygen atoms in total. The zero-order valence-corrected chi connectivity index (χ0v) is 12.4. The standard InChI is InChI=1S/C16H18N2O4/c1-10(16(20)21)22-11-6-7-13-12(9-11)15(19)18-8-4-2-3-5-14(18)17-13/h6-7,9-10H,2-5,8H2,1H3,(H,20,21)/t10-/m1/s1. The van der Waals surface area contributed by atoms with Crippen LogP contribution in [0.3, 0.4) is 0 Å². The Balaban J connectivity index is 2.06. The molecule has 0 spiro atoms. The lowest BCUT2D eigenvalue weighted by Gasteiger charge is -2.13. The summed E-state index contributed by atoms with van der Waals surface area (Å²) in [6, 6.07) is 4.95. The third-order valence-electron chi connectivity index (χ3n) is 3.95. The Morgan fingerprint density at radius 1 is 1.36 bits per heavy atom. The third-order valence-corrected chi connectivity index (χ3v) is 3.95. The Labute approximate surface area is 127 Å². The number of carbonyl (C=O) groups is 1. The lowest BCUT2D eigenvalue weighted by Crippen LogP contribution is -2.25. The molecule has 2 aromatic rings. The fourth-order valence-electron chi connectivity index (χ4n) is 2.73. The van der Waals surface area contributed by atoms with Gasteiger partial charge in [-0.05, 0) is 38.0 Å². The predicted molar refractivity (Wildman–Crippen MR) is 81.3 cm³/mol. The molecule has 0 bridgehead atoms. The lowest BCUT2D eigenvalue weighted by atomic mass is 10.2. The van der Waals surface area contributed by atoms with E-state index in [1.165, 1.54) is 6.92 Å². The summed E-state index contributed by atoms with van der Waals surface area (Å²) in [5.74, 6) is 0.162. The molecule has 1 atom stereocenters. The average molecular weight is 302 g/mol. The number of aromatic nitrogens is 2. The first-order chi connectivity index (χ1) is 10.6. The third kappa shape index (κ3) is 2.68. The van der Waals surface area contributed by atoms with Crippen molar-refractivity contribution in [1.82, 2.24) is 9.55 Å². The number of nitrogens with zero attached hydrogens (tertiary/aromatic N) is 2. The molecule has 1 aromatic heterocycles. The molecule has 6 heteroatoms. The number of carboxylic acid groups (broad SMARTS) is 1. The summed E-state index contributed by atoms with van der Waals surface area (Å²) < 4.78 is 7.07. The maximum absolute atomic E-state index is 12.6. The highest BCUT2D eigenvalue weighted by Gasteiger charge is 2.16. The molecule has 0 unspecified atom stereocenters. The van der Waals surface area contributed by atoms with Crippen molar-refractivity contribution in [2.75, 3.05) is 0 Å². The minimum absolute atomic E-state index is 0.0738. The number of carboxylic acids is 1. The van der Waals surface area contributed by atoms with E-state index in [2.05, 4.69) is 4.98 Å². The number of benzene rings is 1. The van der Waals surface area contributed by atoms with E-state index in [9.17, 15) is 9.59 Å². The van der Waals surface area contributed by atoms with Crippen molar-refractivity contribution in [3.63, 3.8) is 0 Å². The second kappa shape index (κ2) is 5.79. The smallest absolute Gasteiger partial charge is 0.344 e. The first kappa shape index (κ1) is 14.6. The van der Waals surface area contributed by atoms with Crippen molar-refractivity contribution < 1.29 is 14.6 Å². The van der Waals surface area contributed by atoms with Gasteiger partial charge in [0.15, 0.2) is 6.10 Å². The van der Waals surface area contributed by atoms with Crippen LogP contribution in [-0.2, 0) is 17.8 Å². The van der Waals surface area contributed by atoms with Gasteiger partial charge in [-0.1, -0.05) is 6.42 Å². The van der Waals surface area contributed by atoms with E-state index in [-0.39, 0.29) is 5.56 Å². The summed E-state index contributed by atoms with van der Waals surface area (Å²) in [6.07, 6.45) is 2.99. The van der Waals surface area contributed by atoms with E-state index in [0.717, 1.165) is 31.5 Å². The Bertz CT molecular complexity index is 782. The van der Waals surface area contributed by atoms with Crippen molar-refractivity contribution >= 4 is 16.9 Å². The largest absolute Gasteiger partial charge is 0.479 e. The molecule has 116 valence electrons. The molecule has 1 N–H and O–H groups in total. The van der Waals surface area contributed by atoms with E-state index < -0.39 is 12.1 Å². The van der Waals surface area contributed by atoms with Gasteiger partial charge in [0, 0.05) is 13.0 Å². The summed E-state index contributed by atoms with van der Waals surface area (Å²) in [5, 5.41) is 9.37. The van der Waals surface area contributed by atoms with Crippen molar-refractivity contribution in [2.45, 2.75) is 45.3 Å². The molecule has 1 aliphatic rings. The quantitative estimate of drug-likeness (QED) is 0.937. The second-order valence-corrected chi connectivity index (χ2v) is 5.57. The molecule has 22 heavy (non-hydrogen) atoms. The number of rotatable bonds is 3. The van der Waals surface area contributed by atoms with Crippen LogP contribution in [0.2, 0.25) is 0 Å². The molecule has 1 aliphatic heterocycles. The number of hydrogen-bond donors (Lipinski definition) is 1. The summed E-state index contributed by atoms with van der Waals surface area (Å²) in [7, 11) is 0. The Morgan fingerprint density at radius 3 is 2.95 bits per heavy atom. The second-order valence-electron chi connectivity index (χ2n) is 5.57. The van der Waals surface area contributed by atoms with Gasteiger partial charge in [0.1, 0.15) is 11.6 Å². The minimum Gasteiger partial charge on any atom is -0.479 e. The highest BCUT2D eigenvalue weighted by molar-refractivity contribution is 5.79. The van der Waals surface area contributed by atoms with Crippen LogP contribution >= 0.6 is 0 Å². The van der Waals surface area contributed by atoms with Crippen LogP contribution in [0.5, 0.6) is 5.75 Å². The number of ether oxygens (including phenoxy) is 1. The van der Waals surface area contributed by atoms with Crippen molar-refractivity contribution in [3.8, 4) is 5.75 Å². The molecule has 2 heterocycles. The molecule has 0 saturated carbocycles. The molecule has 0 aliphatic carbocycles. The average Bonchev–Trinajstić information content (AvgIpc) is 2.73. The highest BCUT2D eigenvalue weighted by atomic mass is 16.5. The number of aryl methyl sites for hydroxylation is 1. The van der Waals surface area contributed by atoms with Crippen LogP contribution in [0.4, 0.5) is 0 Å². The van der Waals surface area contributed by atoms with Crippen LogP contribution in [0.25, 0.3) is 10.9 Å². The van der Waals surface area contributed by atoms with E-state index in [4.69, 9.17) is 9.84 Å². The lowest BCUT2D eigenvalue weighted by molar-refractivity contribution is -0.144. The monoisotopic (exact) mass is 302 g/mol. The maximum Gasteiger partial charge on any atom is 0.344 e. The van der Waals surface area contributed by atoms with Crippen molar-refractivity contribution in [1.29, 1.82) is 0 Å². The molecule has 0 radical (unpaired) electrons. The first-order valence-electron chi connectivity index (χ1n) is 7.49. The molecule has 0 amide bonds. The summed E-state index contributed by atoms with van der Waals surface area (Å²) in [5.41, 5.74) is 0.559. The van der Waals surface area contributed by atoms with Gasteiger partial charge in [-0.2, -0.15) is 0 Å². The van der Waals surface area contributed by atoms with E-state index >= 15 is 0 Å². The van der Waals surface area contributed by atoms with Gasteiger partial charge < -0.3 is 9.84 Å². The molecule has 0 fully saturated rings.